The fourth-order valence-electron chi connectivity index (χ4n) is 6.43. The normalized spacial score (nSPS) is 29.0. The fourth-order valence-corrected chi connectivity index (χ4v) is 8.62. The van der Waals surface area contributed by atoms with Crippen LogP contribution in [0.2, 0.25) is 25.7 Å². The van der Waals surface area contributed by atoms with Crippen LogP contribution in [0, 0.1) is 0 Å². The van der Waals surface area contributed by atoms with Gasteiger partial charge in [0, 0.05) is 26.1 Å². The monoisotopic (exact) mass is 437 g/mol. The quantitative estimate of drug-likeness (QED) is 0.580. The lowest BCUT2D eigenvalue weighted by Crippen LogP contribution is -2.71. The van der Waals surface area contributed by atoms with Crippen LogP contribution < -0.4 is 4.74 Å². The van der Waals surface area contributed by atoms with Crippen molar-refractivity contribution in [1.29, 1.82) is 0 Å². The molecule has 0 aromatic heterocycles. The smallest absolute Gasteiger partial charge is 0.119 e. The minimum Gasteiger partial charge on any atom is -0.497 e. The van der Waals surface area contributed by atoms with Crippen LogP contribution in [-0.2, 0) is 11.8 Å². The molecule has 1 aliphatic heterocycles. The van der Waals surface area contributed by atoms with Crippen molar-refractivity contribution in [3.05, 3.63) is 65.7 Å². The maximum absolute atomic E-state index is 12.7. The number of hydrogen-bond donors (Lipinski definition) is 1. The molecule has 2 aliphatic rings. The molecule has 2 fully saturated rings. The zero-order valence-corrected chi connectivity index (χ0v) is 20.7. The molecule has 0 radical (unpaired) electrons. The Labute approximate surface area is 189 Å². The second-order valence-electron chi connectivity index (χ2n) is 10.9. The molecule has 3 nitrogen and oxygen atoms in total. The SMILES string of the molecule is COc1cccc([C@]23CCC[C@H](N(CCc4ccccc4)CC2)C3(O)C[Si](C)(C)C)c1. The average molecular weight is 438 g/mol. The Bertz CT molecular complexity index is 880. The molecular weight excluding hydrogens is 398 g/mol. The van der Waals surface area contributed by atoms with Crippen LogP contribution in [0.4, 0.5) is 0 Å². The molecule has 31 heavy (non-hydrogen) atoms. The summed E-state index contributed by atoms with van der Waals surface area (Å²) >= 11 is 0. The molecule has 1 N–H and O–H groups in total. The summed E-state index contributed by atoms with van der Waals surface area (Å²) in [4.78, 5) is 2.62. The third-order valence-electron chi connectivity index (χ3n) is 7.68. The molecule has 4 rings (SSSR count). The largest absolute Gasteiger partial charge is 0.497 e. The standard InChI is InChI=1S/C27H39NO2Si/c1-30-24-13-8-12-23(20-24)26-16-9-14-25(27(26,29)21-31(2,3)4)28(19-17-26)18-15-22-10-6-5-7-11-22/h5-8,10-13,20,25,29H,9,14-19,21H2,1-4H3/t25-,26-,27?/m0/s1. The maximum Gasteiger partial charge on any atom is 0.119 e. The van der Waals surface area contributed by atoms with Gasteiger partial charge in [-0.2, -0.15) is 0 Å². The van der Waals surface area contributed by atoms with Crippen LogP contribution in [0.3, 0.4) is 0 Å². The maximum atomic E-state index is 12.7. The van der Waals surface area contributed by atoms with E-state index in [-0.39, 0.29) is 11.5 Å². The van der Waals surface area contributed by atoms with Gasteiger partial charge in [0.05, 0.1) is 12.7 Å². The van der Waals surface area contributed by atoms with E-state index in [1.165, 1.54) is 17.5 Å². The van der Waals surface area contributed by atoms with E-state index in [4.69, 9.17) is 4.74 Å². The molecule has 1 saturated carbocycles. The highest BCUT2D eigenvalue weighted by atomic mass is 28.3. The molecule has 2 aromatic carbocycles. The third-order valence-corrected chi connectivity index (χ3v) is 9.28. The molecule has 0 amide bonds. The number of fused-ring (bicyclic) bond motifs is 2. The summed E-state index contributed by atoms with van der Waals surface area (Å²) in [6, 6.07) is 20.5. The van der Waals surface area contributed by atoms with E-state index in [0.717, 1.165) is 50.6 Å². The van der Waals surface area contributed by atoms with Crippen LogP contribution in [0.1, 0.15) is 36.8 Å². The Morgan fingerprint density at radius 3 is 2.55 bits per heavy atom. The summed E-state index contributed by atoms with van der Waals surface area (Å²) in [6.45, 7) is 9.30. The van der Waals surface area contributed by atoms with Crippen molar-refractivity contribution in [2.45, 2.75) is 74.8 Å². The van der Waals surface area contributed by atoms with Crippen molar-refractivity contribution < 1.29 is 9.84 Å². The predicted octanol–water partition coefficient (Wildman–Crippen LogP) is 5.50. The zero-order valence-electron chi connectivity index (χ0n) is 19.7. The van der Waals surface area contributed by atoms with E-state index < -0.39 is 13.7 Å². The van der Waals surface area contributed by atoms with Gasteiger partial charge in [0.1, 0.15) is 5.75 Å². The van der Waals surface area contributed by atoms with Crippen molar-refractivity contribution in [3.63, 3.8) is 0 Å². The molecule has 0 spiro atoms. The Morgan fingerprint density at radius 1 is 1.06 bits per heavy atom. The van der Waals surface area contributed by atoms with Crippen LogP contribution in [-0.4, -0.2) is 49.9 Å². The van der Waals surface area contributed by atoms with Crippen LogP contribution >= 0.6 is 0 Å². The number of rotatable bonds is 7. The Balaban J connectivity index is 1.69. The molecule has 3 atom stereocenters. The molecule has 2 bridgehead atoms. The van der Waals surface area contributed by atoms with Gasteiger partial charge in [-0.1, -0.05) is 68.5 Å². The average Bonchev–Trinajstić information content (AvgIpc) is 2.72. The Morgan fingerprint density at radius 2 is 1.84 bits per heavy atom. The van der Waals surface area contributed by atoms with Gasteiger partial charge in [-0.15, -0.1) is 0 Å². The molecule has 2 aromatic rings. The van der Waals surface area contributed by atoms with Gasteiger partial charge in [0.2, 0.25) is 0 Å². The number of aliphatic hydroxyl groups is 1. The number of benzene rings is 2. The van der Waals surface area contributed by atoms with Gasteiger partial charge in [0.25, 0.3) is 0 Å². The fraction of sp³-hybridized carbons (Fsp3) is 0.556. The van der Waals surface area contributed by atoms with Crippen molar-refractivity contribution in [2.75, 3.05) is 20.2 Å². The highest BCUT2D eigenvalue weighted by Gasteiger charge is 2.62. The van der Waals surface area contributed by atoms with E-state index in [2.05, 4.69) is 73.1 Å². The summed E-state index contributed by atoms with van der Waals surface area (Å²) in [7, 11) is 0.228. The van der Waals surface area contributed by atoms with Crippen molar-refractivity contribution in [2.24, 2.45) is 0 Å². The van der Waals surface area contributed by atoms with E-state index in [1.807, 2.05) is 6.07 Å². The van der Waals surface area contributed by atoms with E-state index in [9.17, 15) is 5.11 Å². The molecule has 1 aliphatic carbocycles. The second kappa shape index (κ2) is 8.72. The summed E-state index contributed by atoms with van der Waals surface area (Å²) in [5.41, 5.74) is 1.81. The molecular formula is C27H39NO2Si. The topological polar surface area (TPSA) is 32.7 Å². The Kier molecular flexibility index (Phi) is 6.35. The molecule has 4 heteroatoms. The summed E-state index contributed by atoms with van der Waals surface area (Å²) < 4.78 is 5.57. The molecule has 1 unspecified atom stereocenters. The number of nitrogens with zero attached hydrogens (tertiary/aromatic N) is 1. The number of likely N-dealkylation sites (tertiary alicyclic amines) is 1. The zero-order chi connectivity index (χ0) is 22.1. The first-order chi connectivity index (χ1) is 14.8. The first-order valence-corrected chi connectivity index (χ1v) is 15.6. The van der Waals surface area contributed by atoms with Crippen molar-refractivity contribution in [3.8, 4) is 5.75 Å². The van der Waals surface area contributed by atoms with Gasteiger partial charge < -0.3 is 9.84 Å². The van der Waals surface area contributed by atoms with Gasteiger partial charge in [-0.25, -0.2) is 0 Å². The van der Waals surface area contributed by atoms with E-state index in [0.29, 0.717) is 0 Å². The van der Waals surface area contributed by atoms with Crippen molar-refractivity contribution in [1.82, 2.24) is 4.90 Å². The molecule has 1 saturated heterocycles. The summed E-state index contributed by atoms with van der Waals surface area (Å²) in [5.74, 6) is 0.899. The van der Waals surface area contributed by atoms with E-state index in [1.54, 1.807) is 7.11 Å². The number of piperidine rings is 1. The van der Waals surface area contributed by atoms with Gasteiger partial charge in [-0.3, -0.25) is 4.90 Å². The number of ether oxygens (including phenoxy) is 1. The lowest BCUT2D eigenvalue weighted by Gasteiger charge is -2.63. The summed E-state index contributed by atoms with van der Waals surface area (Å²) in [5, 5.41) is 12.7. The van der Waals surface area contributed by atoms with E-state index >= 15 is 0 Å². The third kappa shape index (κ3) is 4.35. The number of hydrogen-bond acceptors (Lipinski definition) is 3. The van der Waals surface area contributed by atoms with Gasteiger partial charge in [0.15, 0.2) is 0 Å². The van der Waals surface area contributed by atoms with Crippen LogP contribution in [0.25, 0.3) is 0 Å². The van der Waals surface area contributed by atoms with Crippen molar-refractivity contribution >= 4 is 8.07 Å². The first kappa shape index (κ1) is 22.6. The highest BCUT2D eigenvalue weighted by Crippen LogP contribution is 2.56. The minimum absolute atomic E-state index is 0.173. The Hall–Kier alpha value is -1.62. The lowest BCUT2D eigenvalue weighted by atomic mass is 9.54. The second-order valence-corrected chi connectivity index (χ2v) is 16.4. The number of methoxy groups -OCH3 is 1. The summed E-state index contributed by atoms with van der Waals surface area (Å²) in [6.07, 6.45) is 5.42. The van der Waals surface area contributed by atoms with Gasteiger partial charge >= 0.3 is 0 Å². The molecule has 1 heterocycles. The first-order valence-electron chi connectivity index (χ1n) is 11.9. The minimum atomic E-state index is -1.51. The predicted molar refractivity (Wildman–Crippen MR) is 132 cm³/mol. The van der Waals surface area contributed by atoms with Gasteiger partial charge in [-0.05, 0) is 61.5 Å². The molecule has 168 valence electrons. The van der Waals surface area contributed by atoms with Crippen LogP contribution in [0.5, 0.6) is 5.75 Å². The lowest BCUT2D eigenvalue weighted by molar-refractivity contribution is -0.150. The van der Waals surface area contributed by atoms with Crippen LogP contribution in [0.15, 0.2) is 54.6 Å². The highest BCUT2D eigenvalue weighted by molar-refractivity contribution is 6.76.